The van der Waals surface area contributed by atoms with E-state index in [2.05, 4.69) is 12.2 Å². The smallest absolute Gasteiger partial charge is 0.0897 e. The summed E-state index contributed by atoms with van der Waals surface area (Å²) < 4.78 is 15.8. The van der Waals surface area contributed by atoms with Gasteiger partial charge < -0.3 is 24.6 Å². The third kappa shape index (κ3) is 13.9. The number of hydrogen-bond donors (Lipinski definition) is 2. The average molecular weight is 263 g/mol. The first-order chi connectivity index (χ1) is 8.81. The van der Waals surface area contributed by atoms with Gasteiger partial charge in [-0.3, -0.25) is 0 Å². The average Bonchev–Trinajstić information content (AvgIpc) is 2.37. The summed E-state index contributed by atoms with van der Waals surface area (Å²) in [5.41, 5.74) is 0. The van der Waals surface area contributed by atoms with Gasteiger partial charge in [-0.15, -0.1) is 0 Å². The van der Waals surface area contributed by atoms with Gasteiger partial charge in [-0.1, -0.05) is 13.3 Å². The molecule has 0 spiro atoms. The Kier molecular flexibility index (Phi) is 14.7. The van der Waals surface area contributed by atoms with Gasteiger partial charge >= 0.3 is 0 Å². The minimum Gasteiger partial charge on any atom is -0.389 e. The lowest BCUT2D eigenvalue weighted by Gasteiger charge is -2.12. The van der Waals surface area contributed by atoms with Crippen LogP contribution >= 0.6 is 0 Å². The molecular weight excluding hydrogens is 234 g/mol. The zero-order valence-corrected chi connectivity index (χ0v) is 11.8. The van der Waals surface area contributed by atoms with Gasteiger partial charge in [0, 0.05) is 26.3 Å². The molecule has 0 aromatic carbocycles. The lowest BCUT2D eigenvalue weighted by atomic mass is 10.4. The number of unbranched alkanes of at least 4 members (excludes halogenated alkanes) is 1. The van der Waals surface area contributed by atoms with Gasteiger partial charge in [-0.25, -0.2) is 0 Å². The monoisotopic (exact) mass is 263 g/mol. The van der Waals surface area contributed by atoms with Gasteiger partial charge in [-0.05, 0) is 13.3 Å². The fraction of sp³-hybridized carbons (Fsp3) is 1.00. The van der Waals surface area contributed by atoms with Crippen LogP contribution in [-0.4, -0.2) is 63.9 Å². The van der Waals surface area contributed by atoms with Crippen LogP contribution in [0.25, 0.3) is 0 Å². The van der Waals surface area contributed by atoms with E-state index in [4.69, 9.17) is 14.2 Å². The number of aliphatic hydroxyl groups is 1. The van der Waals surface area contributed by atoms with E-state index in [-0.39, 0.29) is 0 Å². The second kappa shape index (κ2) is 14.9. The van der Waals surface area contributed by atoms with Crippen molar-refractivity contribution in [3.05, 3.63) is 0 Å². The van der Waals surface area contributed by atoms with E-state index in [1.807, 2.05) is 6.92 Å². The lowest BCUT2D eigenvalue weighted by Crippen LogP contribution is -2.32. The molecule has 0 saturated carbocycles. The van der Waals surface area contributed by atoms with Crippen molar-refractivity contribution in [2.75, 3.05) is 52.7 Å². The largest absolute Gasteiger partial charge is 0.389 e. The van der Waals surface area contributed by atoms with Crippen molar-refractivity contribution in [1.82, 2.24) is 5.32 Å². The van der Waals surface area contributed by atoms with Crippen LogP contribution < -0.4 is 5.32 Å². The van der Waals surface area contributed by atoms with Crippen molar-refractivity contribution >= 4 is 0 Å². The second-order valence-electron chi connectivity index (χ2n) is 4.10. The molecule has 5 nitrogen and oxygen atoms in total. The van der Waals surface area contributed by atoms with Crippen molar-refractivity contribution in [2.45, 2.75) is 32.8 Å². The van der Waals surface area contributed by atoms with Crippen LogP contribution in [0.2, 0.25) is 0 Å². The Hall–Kier alpha value is -0.200. The van der Waals surface area contributed by atoms with E-state index in [1.54, 1.807) is 0 Å². The standard InChI is InChI=1S/C13H29NO4/c1-3-5-7-17-9-10-18-12-13(15)11-14-6-8-16-4-2/h13-15H,3-12H2,1-2H3. The fourth-order valence-electron chi connectivity index (χ4n) is 1.30. The molecule has 1 unspecified atom stereocenters. The molecule has 18 heavy (non-hydrogen) atoms. The van der Waals surface area contributed by atoms with E-state index < -0.39 is 6.10 Å². The SMILES string of the molecule is CCCCOCCOCC(O)CNCCOCC. The third-order valence-corrected chi connectivity index (χ3v) is 2.33. The maximum absolute atomic E-state index is 9.58. The maximum Gasteiger partial charge on any atom is 0.0897 e. The maximum atomic E-state index is 9.58. The van der Waals surface area contributed by atoms with Crippen LogP contribution in [-0.2, 0) is 14.2 Å². The highest BCUT2D eigenvalue weighted by Gasteiger charge is 2.03. The molecule has 2 N–H and O–H groups in total. The molecule has 0 aliphatic heterocycles. The van der Waals surface area contributed by atoms with Crippen LogP contribution in [0.4, 0.5) is 0 Å². The summed E-state index contributed by atoms with van der Waals surface area (Å²) in [6.45, 7) is 9.07. The molecular formula is C13H29NO4. The molecule has 110 valence electrons. The summed E-state index contributed by atoms with van der Waals surface area (Å²) in [6.07, 6.45) is 1.77. The third-order valence-electron chi connectivity index (χ3n) is 2.33. The molecule has 0 fully saturated rings. The Balaban J connectivity index is 3.09. The highest BCUT2D eigenvalue weighted by molar-refractivity contribution is 4.57. The van der Waals surface area contributed by atoms with E-state index >= 15 is 0 Å². The summed E-state index contributed by atoms with van der Waals surface area (Å²) in [4.78, 5) is 0. The summed E-state index contributed by atoms with van der Waals surface area (Å²) >= 11 is 0. The fourth-order valence-corrected chi connectivity index (χ4v) is 1.30. The Bertz CT molecular complexity index is 158. The second-order valence-corrected chi connectivity index (χ2v) is 4.10. The van der Waals surface area contributed by atoms with Gasteiger partial charge in [0.2, 0.25) is 0 Å². The Morgan fingerprint density at radius 1 is 1.00 bits per heavy atom. The highest BCUT2D eigenvalue weighted by atomic mass is 16.5. The van der Waals surface area contributed by atoms with Crippen molar-refractivity contribution in [3.63, 3.8) is 0 Å². The van der Waals surface area contributed by atoms with E-state index in [0.717, 1.165) is 32.6 Å². The Morgan fingerprint density at radius 3 is 2.50 bits per heavy atom. The molecule has 0 saturated heterocycles. The first-order valence-electron chi connectivity index (χ1n) is 6.93. The molecule has 0 amide bonds. The van der Waals surface area contributed by atoms with E-state index in [9.17, 15) is 5.11 Å². The molecule has 5 heteroatoms. The number of nitrogens with one attached hydrogen (secondary N) is 1. The van der Waals surface area contributed by atoms with E-state index in [1.165, 1.54) is 0 Å². The molecule has 0 heterocycles. The summed E-state index contributed by atoms with van der Waals surface area (Å²) in [5, 5.41) is 12.7. The van der Waals surface area contributed by atoms with Crippen LogP contribution in [0, 0.1) is 0 Å². The van der Waals surface area contributed by atoms with Gasteiger partial charge in [0.25, 0.3) is 0 Å². The quantitative estimate of drug-likeness (QED) is 0.454. The van der Waals surface area contributed by atoms with Crippen LogP contribution in [0.5, 0.6) is 0 Å². The van der Waals surface area contributed by atoms with Gasteiger partial charge in [0.15, 0.2) is 0 Å². The van der Waals surface area contributed by atoms with Crippen molar-refractivity contribution < 1.29 is 19.3 Å². The summed E-state index contributed by atoms with van der Waals surface area (Å²) in [5.74, 6) is 0. The lowest BCUT2D eigenvalue weighted by molar-refractivity contribution is 0.00349. The Labute approximate surface area is 111 Å². The molecule has 0 aliphatic carbocycles. The van der Waals surface area contributed by atoms with Crippen LogP contribution in [0.3, 0.4) is 0 Å². The van der Waals surface area contributed by atoms with Gasteiger partial charge in [0.05, 0.1) is 32.5 Å². The first kappa shape index (κ1) is 17.8. The molecule has 1 atom stereocenters. The van der Waals surface area contributed by atoms with Gasteiger partial charge in [0.1, 0.15) is 0 Å². The summed E-state index contributed by atoms with van der Waals surface area (Å²) in [7, 11) is 0. The number of rotatable bonds is 14. The zero-order valence-electron chi connectivity index (χ0n) is 11.8. The molecule has 0 rings (SSSR count). The number of ether oxygens (including phenoxy) is 3. The molecule has 0 aromatic heterocycles. The summed E-state index contributed by atoms with van der Waals surface area (Å²) in [6, 6.07) is 0. The predicted octanol–water partition coefficient (Wildman–Crippen LogP) is 0.807. The molecule has 0 aromatic rings. The zero-order chi connectivity index (χ0) is 13.5. The van der Waals surface area contributed by atoms with E-state index in [0.29, 0.717) is 33.0 Å². The minimum atomic E-state index is -0.470. The Morgan fingerprint density at radius 2 is 1.78 bits per heavy atom. The normalized spacial score (nSPS) is 12.8. The van der Waals surface area contributed by atoms with Crippen molar-refractivity contribution in [2.24, 2.45) is 0 Å². The predicted molar refractivity (Wildman–Crippen MR) is 71.9 cm³/mol. The van der Waals surface area contributed by atoms with Crippen molar-refractivity contribution in [3.8, 4) is 0 Å². The van der Waals surface area contributed by atoms with Crippen molar-refractivity contribution in [1.29, 1.82) is 0 Å². The van der Waals surface area contributed by atoms with Crippen LogP contribution in [0.15, 0.2) is 0 Å². The highest BCUT2D eigenvalue weighted by Crippen LogP contribution is 1.89. The molecule has 0 aliphatic rings. The number of hydrogen-bond acceptors (Lipinski definition) is 5. The molecule has 0 bridgehead atoms. The first-order valence-corrected chi connectivity index (χ1v) is 6.93. The minimum absolute atomic E-state index is 0.346. The van der Waals surface area contributed by atoms with Crippen LogP contribution in [0.1, 0.15) is 26.7 Å². The number of aliphatic hydroxyl groups excluding tert-OH is 1. The molecule has 0 radical (unpaired) electrons. The topological polar surface area (TPSA) is 60.0 Å². The van der Waals surface area contributed by atoms with Gasteiger partial charge in [-0.2, -0.15) is 0 Å².